The van der Waals surface area contributed by atoms with Crippen LogP contribution in [0.15, 0.2) is 29.2 Å². The molecule has 1 aliphatic rings. The lowest BCUT2D eigenvalue weighted by Gasteiger charge is -2.13. The van der Waals surface area contributed by atoms with Gasteiger partial charge in [0.1, 0.15) is 0 Å². The molecule has 1 aliphatic heterocycles. The number of halogens is 1. The maximum atomic E-state index is 12.5. The summed E-state index contributed by atoms with van der Waals surface area (Å²) < 4.78 is 0. The van der Waals surface area contributed by atoms with E-state index in [1.165, 1.54) is 16.7 Å². The number of aliphatic hydroxyl groups excluding tert-OH is 1. The van der Waals surface area contributed by atoms with Crippen molar-refractivity contribution in [1.29, 1.82) is 0 Å². The highest BCUT2D eigenvalue weighted by molar-refractivity contribution is 8.04. The van der Waals surface area contributed by atoms with Gasteiger partial charge in [0.15, 0.2) is 0 Å². The minimum absolute atomic E-state index is 0.0443. The predicted molar refractivity (Wildman–Crippen MR) is 84.9 cm³/mol. The molecule has 0 unspecified atom stereocenters. The van der Waals surface area contributed by atoms with Crippen LogP contribution in [0.3, 0.4) is 0 Å². The van der Waals surface area contributed by atoms with Gasteiger partial charge in [0.2, 0.25) is 0 Å². The van der Waals surface area contributed by atoms with Gasteiger partial charge < -0.3 is 5.11 Å². The van der Waals surface area contributed by atoms with E-state index >= 15 is 0 Å². The minimum atomic E-state index is -0.274. The Morgan fingerprint density at radius 3 is 2.43 bits per heavy atom. The second-order valence-corrected chi connectivity index (χ2v) is 6.09. The number of rotatable bonds is 6. The summed E-state index contributed by atoms with van der Waals surface area (Å²) in [4.78, 5) is 26.6. The summed E-state index contributed by atoms with van der Waals surface area (Å²) in [6, 6.07) is 6.85. The number of amides is 2. The average molecular weight is 326 g/mol. The molecule has 0 aliphatic carbocycles. The van der Waals surface area contributed by atoms with Crippen LogP contribution in [-0.2, 0) is 9.59 Å². The van der Waals surface area contributed by atoms with Gasteiger partial charge in [-0.05, 0) is 24.1 Å². The third-order valence-electron chi connectivity index (χ3n) is 3.04. The van der Waals surface area contributed by atoms with E-state index < -0.39 is 0 Å². The second-order valence-electron chi connectivity index (χ2n) is 4.55. The Morgan fingerprint density at radius 2 is 1.86 bits per heavy atom. The summed E-state index contributed by atoms with van der Waals surface area (Å²) in [5.41, 5.74) is 1.08. The van der Waals surface area contributed by atoms with Gasteiger partial charge in [0.05, 0.1) is 17.1 Å². The van der Waals surface area contributed by atoms with Gasteiger partial charge in [-0.3, -0.25) is 14.5 Å². The zero-order chi connectivity index (χ0) is 15.4. The number of benzene rings is 1. The molecule has 1 N–H and O–H groups in total. The fraction of sp³-hybridized carbons (Fsp3) is 0.333. The van der Waals surface area contributed by atoms with Crippen molar-refractivity contribution in [2.45, 2.75) is 13.3 Å². The lowest BCUT2D eigenvalue weighted by molar-refractivity contribution is -0.136. The van der Waals surface area contributed by atoms with Gasteiger partial charge in [0, 0.05) is 17.3 Å². The number of aliphatic hydroxyl groups is 1. The van der Waals surface area contributed by atoms with E-state index in [9.17, 15) is 9.59 Å². The first-order valence-corrected chi connectivity index (χ1v) is 8.06. The molecule has 0 radical (unpaired) electrons. The molecule has 6 heteroatoms. The van der Waals surface area contributed by atoms with Gasteiger partial charge in [-0.1, -0.05) is 30.7 Å². The van der Waals surface area contributed by atoms with E-state index in [1.54, 1.807) is 24.3 Å². The minimum Gasteiger partial charge on any atom is -0.396 e. The van der Waals surface area contributed by atoms with Crippen LogP contribution in [0.1, 0.15) is 18.9 Å². The Labute approximate surface area is 132 Å². The van der Waals surface area contributed by atoms with Crippen LogP contribution in [-0.4, -0.2) is 40.7 Å². The highest BCUT2D eigenvalue weighted by Gasteiger charge is 2.38. The lowest BCUT2D eigenvalue weighted by Crippen LogP contribution is -2.32. The van der Waals surface area contributed by atoms with Gasteiger partial charge in [-0.15, -0.1) is 11.8 Å². The number of nitrogens with zero attached hydrogens (tertiary/aromatic N) is 1. The Morgan fingerprint density at radius 1 is 1.19 bits per heavy atom. The third kappa shape index (κ3) is 3.31. The first-order valence-electron chi connectivity index (χ1n) is 6.70. The first kappa shape index (κ1) is 16.1. The zero-order valence-electron chi connectivity index (χ0n) is 11.6. The number of thioether (sulfide) groups is 1. The molecule has 1 aromatic rings. The van der Waals surface area contributed by atoms with Crippen LogP contribution in [0.25, 0.3) is 5.57 Å². The molecule has 112 valence electrons. The van der Waals surface area contributed by atoms with E-state index in [1.807, 2.05) is 6.92 Å². The van der Waals surface area contributed by atoms with Gasteiger partial charge in [-0.25, -0.2) is 0 Å². The van der Waals surface area contributed by atoms with Crippen molar-refractivity contribution in [3.05, 3.63) is 39.8 Å². The van der Waals surface area contributed by atoms with Gasteiger partial charge >= 0.3 is 0 Å². The molecular formula is C15H16ClNO3S. The van der Waals surface area contributed by atoms with Gasteiger partial charge in [-0.2, -0.15) is 0 Å². The molecule has 0 saturated carbocycles. The Hall–Kier alpha value is -1.30. The molecule has 1 heterocycles. The van der Waals surface area contributed by atoms with E-state index in [-0.39, 0.29) is 18.4 Å². The van der Waals surface area contributed by atoms with Crippen molar-refractivity contribution in [2.75, 3.05) is 18.9 Å². The normalized spacial score (nSPS) is 15.3. The second kappa shape index (κ2) is 7.11. The molecule has 0 atom stereocenters. The van der Waals surface area contributed by atoms with E-state index in [4.69, 9.17) is 16.7 Å². The maximum Gasteiger partial charge on any atom is 0.267 e. The summed E-state index contributed by atoms with van der Waals surface area (Å²) in [6.07, 6.45) is 0.712. The predicted octanol–water partition coefficient (Wildman–Crippen LogP) is 2.56. The van der Waals surface area contributed by atoms with E-state index in [0.29, 0.717) is 39.8 Å². The van der Waals surface area contributed by atoms with Crippen molar-refractivity contribution in [3.8, 4) is 0 Å². The fourth-order valence-corrected chi connectivity index (χ4v) is 3.14. The van der Waals surface area contributed by atoms with Crippen LogP contribution < -0.4 is 0 Å². The van der Waals surface area contributed by atoms with Crippen LogP contribution in [0, 0.1) is 0 Å². The lowest BCUT2D eigenvalue weighted by atomic mass is 10.1. The molecule has 21 heavy (non-hydrogen) atoms. The molecule has 4 nitrogen and oxygen atoms in total. The maximum absolute atomic E-state index is 12.5. The van der Waals surface area contributed by atoms with Crippen molar-refractivity contribution < 1.29 is 14.7 Å². The zero-order valence-corrected chi connectivity index (χ0v) is 13.2. The molecular weight excluding hydrogens is 310 g/mol. The summed E-state index contributed by atoms with van der Waals surface area (Å²) >= 11 is 7.08. The molecule has 0 bridgehead atoms. The SMILES string of the molecule is CCCN1C(=O)C(SCCO)=C(c2ccc(Cl)cc2)C1=O. The summed E-state index contributed by atoms with van der Waals surface area (Å²) in [6.45, 7) is 2.27. The van der Waals surface area contributed by atoms with Gasteiger partial charge in [0.25, 0.3) is 11.8 Å². The summed E-state index contributed by atoms with van der Waals surface area (Å²) in [5, 5.41) is 9.55. The quantitative estimate of drug-likeness (QED) is 0.817. The standard InChI is InChI=1S/C15H16ClNO3S/c1-2-7-17-14(19)12(10-3-5-11(16)6-4-10)13(15(17)20)21-9-8-18/h3-6,18H,2,7-9H2,1H3. The molecule has 2 rings (SSSR count). The topological polar surface area (TPSA) is 57.6 Å². The van der Waals surface area contributed by atoms with Crippen molar-refractivity contribution in [3.63, 3.8) is 0 Å². The average Bonchev–Trinajstić information content (AvgIpc) is 2.71. The molecule has 0 aromatic heterocycles. The molecule has 0 spiro atoms. The number of hydrogen-bond donors (Lipinski definition) is 1. The molecule has 1 aromatic carbocycles. The number of carbonyl (C=O) groups is 2. The Balaban J connectivity index is 2.43. The molecule has 2 amide bonds. The highest BCUT2D eigenvalue weighted by atomic mass is 35.5. The van der Waals surface area contributed by atoms with E-state index in [2.05, 4.69) is 0 Å². The largest absolute Gasteiger partial charge is 0.396 e. The number of imide groups is 1. The van der Waals surface area contributed by atoms with Crippen molar-refractivity contribution in [1.82, 2.24) is 4.90 Å². The van der Waals surface area contributed by atoms with Crippen LogP contribution in [0.4, 0.5) is 0 Å². The van der Waals surface area contributed by atoms with E-state index in [0.717, 1.165) is 0 Å². The molecule has 0 fully saturated rings. The van der Waals surface area contributed by atoms with Crippen molar-refractivity contribution >= 4 is 40.8 Å². The third-order valence-corrected chi connectivity index (χ3v) is 4.35. The number of hydrogen-bond acceptors (Lipinski definition) is 4. The fourth-order valence-electron chi connectivity index (χ4n) is 2.13. The van der Waals surface area contributed by atoms with Crippen LogP contribution in [0.5, 0.6) is 0 Å². The van der Waals surface area contributed by atoms with Crippen LogP contribution >= 0.6 is 23.4 Å². The monoisotopic (exact) mass is 325 g/mol. The molecule has 0 saturated heterocycles. The highest BCUT2D eigenvalue weighted by Crippen LogP contribution is 2.36. The Kier molecular flexibility index (Phi) is 5.45. The first-order chi connectivity index (χ1) is 10.1. The summed E-state index contributed by atoms with van der Waals surface area (Å²) in [7, 11) is 0. The smallest absolute Gasteiger partial charge is 0.267 e. The Bertz CT molecular complexity index is 583. The number of carbonyl (C=O) groups excluding carboxylic acids is 2. The van der Waals surface area contributed by atoms with Crippen LogP contribution in [0.2, 0.25) is 5.02 Å². The summed E-state index contributed by atoms with van der Waals surface area (Å²) in [5.74, 6) is -0.166. The van der Waals surface area contributed by atoms with Crippen molar-refractivity contribution in [2.24, 2.45) is 0 Å².